The van der Waals surface area contributed by atoms with Crippen molar-refractivity contribution in [3.63, 3.8) is 0 Å². The third-order valence-electron chi connectivity index (χ3n) is 5.04. The van der Waals surface area contributed by atoms with Crippen LogP contribution in [0.1, 0.15) is 22.8 Å². The van der Waals surface area contributed by atoms with E-state index in [1.54, 1.807) is 0 Å². The number of hydrogen-bond acceptors (Lipinski definition) is 3. The van der Waals surface area contributed by atoms with Gasteiger partial charge in [0.15, 0.2) is 0 Å². The summed E-state index contributed by atoms with van der Waals surface area (Å²) in [4.78, 5) is 13.2. The number of carbonyl (C=O) groups excluding carboxylic acids is 1. The van der Waals surface area contributed by atoms with Gasteiger partial charge in [-0.05, 0) is 23.6 Å². The van der Waals surface area contributed by atoms with E-state index in [0.717, 1.165) is 22.4 Å². The van der Waals surface area contributed by atoms with Gasteiger partial charge in [-0.2, -0.15) is 0 Å². The molecular weight excluding hydrogens is 324 g/mol. The Hall–Kier alpha value is -3.07. The summed E-state index contributed by atoms with van der Waals surface area (Å²) >= 11 is 0. The highest BCUT2D eigenvalue weighted by molar-refractivity contribution is 5.87. The van der Waals surface area contributed by atoms with Gasteiger partial charge < -0.3 is 9.47 Å². The fraction of sp³-hybridized carbons (Fsp3) is 0.174. The van der Waals surface area contributed by atoms with Gasteiger partial charge >= 0.3 is 5.97 Å². The van der Waals surface area contributed by atoms with Crippen molar-refractivity contribution < 1.29 is 14.3 Å². The summed E-state index contributed by atoms with van der Waals surface area (Å²) in [5, 5.41) is 0. The lowest BCUT2D eigenvalue weighted by atomic mass is 9.70. The lowest BCUT2D eigenvalue weighted by molar-refractivity contribution is -0.150. The van der Waals surface area contributed by atoms with Crippen molar-refractivity contribution >= 4 is 5.97 Å². The van der Waals surface area contributed by atoms with Gasteiger partial charge in [0.1, 0.15) is 17.3 Å². The Morgan fingerprint density at radius 2 is 1.54 bits per heavy atom. The van der Waals surface area contributed by atoms with Crippen LogP contribution < -0.4 is 4.74 Å². The molecule has 4 rings (SSSR count). The molecule has 1 aliphatic heterocycles. The van der Waals surface area contributed by atoms with E-state index in [-0.39, 0.29) is 5.97 Å². The largest absolute Gasteiger partial charge is 0.484 e. The maximum absolute atomic E-state index is 13.2. The van der Waals surface area contributed by atoms with Crippen LogP contribution in [0.4, 0.5) is 0 Å². The first kappa shape index (κ1) is 16.4. The number of benzene rings is 3. The molecule has 1 heterocycles. The number of esters is 1. The Kier molecular flexibility index (Phi) is 4.21. The molecule has 0 radical (unpaired) electrons. The zero-order chi connectivity index (χ0) is 18.0. The van der Waals surface area contributed by atoms with E-state index in [1.165, 1.54) is 7.11 Å². The summed E-state index contributed by atoms with van der Waals surface area (Å²) < 4.78 is 11.6. The summed E-state index contributed by atoms with van der Waals surface area (Å²) in [6, 6.07) is 27.7. The summed E-state index contributed by atoms with van der Waals surface area (Å²) in [6.07, 6.45) is 0.0747. The zero-order valence-corrected chi connectivity index (χ0v) is 14.6. The minimum Gasteiger partial charge on any atom is -0.484 e. The average molecular weight is 344 g/mol. The highest BCUT2D eigenvalue weighted by Crippen LogP contribution is 2.52. The van der Waals surface area contributed by atoms with Gasteiger partial charge in [0.25, 0.3) is 0 Å². The summed E-state index contributed by atoms with van der Waals surface area (Å²) in [5.41, 5.74) is 1.99. The fourth-order valence-electron chi connectivity index (χ4n) is 3.86. The standard InChI is InChI=1S/C23H20O3/c1-25-22(24)23(16-17-10-4-2-5-11-17)19-14-8-9-15-20(19)26-21(23)18-12-6-3-7-13-18/h2-15,21H,16H2,1H3/t21-,23+/m1/s1. The van der Waals surface area contributed by atoms with Crippen LogP contribution in [0.5, 0.6) is 5.75 Å². The predicted octanol–water partition coefficient (Wildman–Crippen LogP) is 4.47. The Balaban J connectivity index is 1.92. The first-order chi connectivity index (χ1) is 12.8. The number of ether oxygens (including phenoxy) is 2. The van der Waals surface area contributed by atoms with Crippen LogP contribution in [0.25, 0.3) is 0 Å². The highest BCUT2D eigenvalue weighted by atomic mass is 16.5. The number of hydrogen-bond donors (Lipinski definition) is 0. The topological polar surface area (TPSA) is 35.5 Å². The minimum absolute atomic E-state index is 0.278. The van der Waals surface area contributed by atoms with Gasteiger partial charge in [0.05, 0.1) is 7.11 Å². The van der Waals surface area contributed by atoms with Crippen LogP contribution >= 0.6 is 0 Å². The molecule has 2 atom stereocenters. The van der Waals surface area contributed by atoms with Crippen LogP contribution in [-0.2, 0) is 21.4 Å². The first-order valence-electron chi connectivity index (χ1n) is 8.69. The van der Waals surface area contributed by atoms with Crippen molar-refractivity contribution in [3.8, 4) is 5.75 Å². The third kappa shape index (κ3) is 2.57. The Morgan fingerprint density at radius 1 is 0.923 bits per heavy atom. The van der Waals surface area contributed by atoms with Crippen molar-refractivity contribution in [3.05, 3.63) is 102 Å². The molecule has 0 spiro atoms. The molecule has 0 amide bonds. The fourth-order valence-corrected chi connectivity index (χ4v) is 3.86. The second-order valence-corrected chi connectivity index (χ2v) is 6.53. The van der Waals surface area contributed by atoms with Crippen LogP contribution in [0.15, 0.2) is 84.9 Å². The van der Waals surface area contributed by atoms with Gasteiger partial charge in [-0.1, -0.05) is 78.9 Å². The van der Waals surface area contributed by atoms with Crippen LogP contribution in [-0.4, -0.2) is 13.1 Å². The molecule has 0 aliphatic carbocycles. The van der Waals surface area contributed by atoms with E-state index in [4.69, 9.17) is 9.47 Å². The number of methoxy groups -OCH3 is 1. The maximum Gasteiger partial charge on any atom is 0.320 e. The molecular formula is C23H20O3. The third-order valence-corrected chi connectivity index (χ3v) is 5.04. The molecule has 0 unspecified atom stereocenters. The van der Waals surface area contributed by atoms with Crippen LogP contribution in [0, 0.1) is 0 Å². The molecule has 3 nitrogen and oxygen atoms in total. The summed E-state index contributed by atoms with van der Waals surface area (Å²) in [7, 11) is 1.44. The second-order valence-electron chi connectivity index (χ2n) is 6.53. The number of para-hydroxylation sites is 1. The van der Waals surface area contributed by atoms with E-state index in [9.17, 15) is 4.79 Å². The van der Waals surface area contributed by atoms with Gasteiger partial charge in [-0.25, -0.2) is 0 Å². The Labute approximate surface area is 153 Å². The van der Waals surface area contributed by atoms with Crippen LogP contribution in [0.2, 0.25) is 0 Å². The van der Waals surface area contributed by atoms with Gasteiger partial charge in [0.2, 0.25) is 0 Å². The summed E-state index contributed by atoms with van der Waals surface area (Å²) in [5.74, 6) is 0.461. The molecule has 1 aliphatic rings. The normalized spacial score (nSPS) is 20.9. The molecule has 0 fully saturated rings. The molecule has 0 bridgehead atoms. The number of carbonyl (C=O) groups is 1. The van der Waals surface area contributed by atoms with E-state index >= 15 is 0 Å². The summed E-state index contributed by atoms with van der Waals surface area (Å²) in [6.45, 7) is 0. The Morgan fingerprint density at radius 3 is 2.23 bits per heavy atom. The van der Waals surface area contributed by atoms with E-state index < -0.39 is 11.5 Å². The SMILES string of the molecule is COC(=O)[C@@]1(Cc2ccccc2)c2ccccc2O[C@@H]1c1ccccc1. The smallest absolute Gasteiger partial charge is 0.320 e. The average Bonchev–Trinajstić information content (AvgIpc) is 3.04. The molecule has 3 aromatic rings. The van der Waals surface area contributed by atoms with E-state index in [1.807, 2.05) is 84.9 Å². The zero-order valence-electron chi connectivity index (χ0n) is 14.6. The minimum atomic E-state index is -0.923. The van der Waals surface area contributed by atoms with Crippen molar-refractivity contribution in [1.82, 2.24) is 0 Å². The molecule has 0 aromatic heterocycles. The molecule has 3 aromatic carbocycles. The molecule has 130 valence electrons. The number of rotatable bonds is 4. The molecule has 0 saturated carbocycles. The van der Waals surface area contributed by atoms with Crippen molar-refractivity contribution in [1.29, 1.82) is 0 Å². The van der Waals surface area contributed by atoms with E-state index in [0.29, 0.717) is 6.42 Å². The second kappa shape index (κ2) is 6.68. The van der Waals surface area contributed by atoms with Crippen molar-refractivity contribution in [2.45, 2.75) is 17.9 Å². The number of fused-ring (bicyclic) bond motifs is 1. The molecule has 3 heteroatoms. The van der Waals surface area contributed by atoms with Crippen LogP contribution in [0.3, 0.4) is 0 Å². The molecule has 26 heavy (non-hydrogen) atoms. The molecule has 0 N–H and O–H groups in total. The van der Waals surface area contributed by atoms with Gasteiger partial charge in [0, 0.05) is 5.56 Å². The van der Waals surface area contributed by atoms with Crippen molar-refractivity contribution in [2.24, 2.45) is 0 Å². The maximum atomic E-state index is 13.2. The first-order valence-corrected chi connectivity index (χ1v) is 8.69. The Bertz CT molecular complexity index is 905. The lowest BCUT2D eigenvalue weighted by Crippen LogP contribution is -2.43. The van der Waals surface area contributed by atoms with Gasteiger partial charge in [-0.3, -0.25) is 4.79 Å². The highest BCUT2D eigenvalue weighted by Gasteiger charge is 2.56. The lowest BCUT2D eigenvalue weighted by Gasteiger charge is -2.32. The predicted molar refractivity (Wildman–Crippen MR) is 100 cm³/mol. The molecule has 0 saturated heterocycles. The van der Waals surface area contributed by atoms with Gasteiger partial charge in [-0.15, -0.1) is 0 Å². The van der Waals surface area contributed by atoms with Crippen molar-refractivity contribution in [2.75, 3.05) is 7.11 Å². The quantitative estimate of drug-likeness (QED) is 0.655. The van der Waals surface area contributed by atoms with E-state index in [2.05, 4.69) is 0 Å². The monoisotopic (exact) mass is 344 g/mol.